The second-order valence-corrected chi connectivity index (χ2v) is 9.94. The van der Waals surface area contributed by atoms with Gasteiger partial charge in [0, 0.05) is 40.7 Å². The van der Waals surface area contributed by atoms with Crippen molar-refractivity contribution in [1.29, 1.82) is 0 Å². The molecule has 2 amide bonds. The van der Waals surface area contributed by atoms with Crippen molar-refractivity contribution in [1.82, 2.24) is 14.9 Å². The van der Waals surface area contributed by atoms with E-state index in [1.165, 1.54) is 0 Å². The molecule has 3 aromatic carbocycles. The maximum absolute atomic E-state index is 12.3. The summed E-state index contributed by atoms with van der Waals surface area (Å²) in [6, 6.07) is 22.8. The Bertz CT molecular complexity index is 1360. The number of nitrogens with one attached hydrogen (secondary N) is 2. The van der Waals surface area contributed by atoms with E-state index in [2.05, 4.69) is 34.3 Å². The van der Waals surface area contributed by atoms with Gasteiger partial charge in [0.15, 0.2) is 5.16 Å². The van der Waals surface area contributed by atoms with Crippen molar-refractivity contribution in [3.05, 3.63) is 77.8 Å². The average molecular weight is 551 g/mol. The maximum atomic E-state index is 12.3. The van der Waals surface area contributed by atoms with Crippen molar-refractivity contribution in [3.8, 4) is 34.0 Å². The number of halogens is 1. The van der Waals surface area contributed by atoms with Crippen molar-refractivity contribution in [2.24, 2.45) is 0 Å². The molecule has 0 saturated carbocycles. The number of hydrogen-bond acceptors (Lipinski definition) is 5. The summed E-state index contributed by atoms with van der Waals surface area (Å²) < 4.78 is 13.0. The Labute approximate surface area is 232 Å². The molecule has 4 rings (SSSR count). The molecular weight excluding hydrogens is 520 g/mol. The van der Waals surface area contributed by atoms with Crippen LogP contribution < -0.4 is 20.1 Å². The van der Waals surface area contributed by atoms with Crippen LogP contribution in [0.25, 0.3) is 22.5 Å². The number of hydrogen-bond donors (Lipinski definition) is 2. The van der Waals surface area contributed by atoms with Crippen LogP contribution in [0.5, 0.6) is 11.5 Å². The van der Waals surface area contributed by atoms with E-state index in [0.29, 0.717) is 23.0 Å². The Morgan fingerprint density at radius 3 is 2.24 bits per heavy atom. The zero-order valence-corrected chi connectivity index (χ0v) is 23.2. The van der Waals surface area contributed by atoms with Crippen LogP contribution in [-0.4, -0.2) is 42.1 Å². The van der Waals surface area contributed by atoms with Gasteiger partial charge in [0.05, 0.1) is 25.6 Å². The maximum Gasteiger partial charge on any atom is 0.319 e. The van der Waals surface area contributed by atoms with Gasteiger partial charge in [0.1, 0.15) is 11.5 Å². The van der Waals surface area contributed by atoms with Crippen molar-refractivity contribution in [2.75, 3.05) is 31.8 Å². The Morgan fingerprint density at radius 1 is 0.974 bits per heavy atom. The topological polar surface area (TPSA) is 77.4 Å². The number of urea groups is 1. The Hall–Kier alpha value is -3.62. The molecule has 2 N–H and O–H groups in total. The second-order valence-electron chi connectivity index (χ2n) is 8.44. The SMILES string of the molecule is CCCn1c(SCCNC(=O)Nc2cccc(Cl)c2)nc(-c2ccc(OC)cc2)c1-c1ccc(OC)cc1. The van der Waals surface area contributed by atoms with Gasteiger partial charge >= 0.3 is 6.03 Å². The number of carbonyl (C=O) groups is 1. The zero-order chi connectivity index (χ0) is 26.9. The number of benzene rings is 3. The molecule has 1 aromatic heterocycles. The quantitative estimate of drug-likeness (QED) is 0.152. The summed E-state index contributed by atoms with van der Waals surface area (Å²) in [5.41, 5.74) is 4.67. The van der Waals surface area contributed by atoms with Gasteiger partial charge < -0.3 is 24.7 Å². The smallest absolute Gasteiger partial charge is 0.319 e. The molecule has 0 atom stereocenters. The monoisotopic (exact) mass is 550 g/mol. The van der Waals surface area contributed by atoms with E-state index in [-0.39, 0.29) is 6.03 Å². The zero-order valence-electron chi connectivity index (χ0n) is 21.7. The standard InChI is InChI=1S/C29H31ClN4O3S/c1-4-17-34-27(21-10-14-25(37-3)15-11-21)26(20-8-12-24(36-2)13-9-20)33-29(34)38-18-16-31-28(35)32-23-7-5-6-22(30)19-23/h5-15,19H,4,16-18H2,1-3H3,(H2,31,32,35). The lowest BCUT2D eigenvalue weighted by Gasteiger charge is -2.13. The van der Waals surface area contributed by atoms with Crippen molar-refractivity contribution < 1.29 is 14.3 Å². The summed E-state index contributed by atoms with van der Waals surface area (Å²) in [5.74, 6) is 2.26. The molecular formula is C29H31ClN4O3S. The highest BCUT2D eigenvalue weighted by atomic mass is 35.5. The molecule has 0 saturated heterocycles. The molecule has 198 valence electrons. The molecule has 0 bridgehead atoms. The van der Waals surface area contributed by atoms with Crippen LogP contribution in [0, 0.1) is 0 Å². The molecule has 0 fully saturated rings. The minimum absolute atomic E-state index is 0.275. The number of methoxy groups -OCH3 is 2. The Balaban J connectivity index is 1.56. The van der Waals surface area contributed by atoms with Crippen LogP contribution in [0.15, 0.2) is 78.0 Å². The largest absolute Gasteiger partial charge is 0.497 e. The third-order valence-electron chi connectivity index (χ3n) is 5.81. The molecule has 0 unspecified atom stereocenters. The number of imidazole rings is 1. The molecule has 1 heterocycles. The fourth-order valence-electron chi connectivity index (χ4n) is 4.01. The summed E-state index contributed by atoms with van der Waals surface area (Å²) in [4.78, 5) is 17.4. The van der Waals surface area contributed by atoms with Gasteiger partial charge in [-0.2, -0.15) is 0 Å². The molecule has 9 heteroatoms. The van der Waals surface area contributed by atoms with Crippen LogP contribution in [0.3, 0.4) is 0 Å². The summed E-state index contributed by atoms with van der Waals surface area (Å²) >= 11 is 7.62. The number of anilines is 1. The van der Waals surface area contributed by atoms with Crippen LogP contribution in [-0.2, 0) is 6.54 Å². The summed E-state index contributed by atoms with van der Waals surface area (Å²) in [5, 5.41) is 7.18. The van der Waals surface area contributed by atoms with E-state index in [0.717, 1.165) is 52.1 Å². The molecule has 0 spiro atoms. The predicted molar refractivity (Wildman–Crippen MR) is 156 cm³/mol. The lowest BCUT2D eigenvalue weighted by Crippen LogP contribution is -2.30. The second kappa shape index (κ2) is 13.3. The fourth-order valence-corrected chi connectivity index (χ4v) is 5.08. The highest BCUT2D eigenvalue weighted by Gasteiger charge is 2.20. The lowest BCUT2D eigenvalue weighted by atomic mass is 10.0. The van der Waals surface area contributed by atoms with Crippen LogP contribution in [0.1, 0.15) is 13.3 Å². The molecule has 0 aliphatic heterocycles. The Morgan fingerprint density at radius 2 is 1.63 bits per heavy atom. The summed E-state index contributed by atoms with van der Waals surface area (Å²) in [6.07, 6.45) is 0.954. The van der Waals surface area contributed by atoms with Gasteiger partial charge in [-0.15, -0.1) is 0 Å². The first-order valence-corrected chi connectivity index (χ1v) is 13.7. The molecule has 0 radical (unpaired) electrons. The Kier molecular flexibility index (Phi) is 9.56. The van der Waals surface area contributed by atoms with Gasteiger partial charge in [-0.1, -0.05) is 36.4 Å². The summed E-state index contributed by atoms with van der Waals surface area (Å²) in [6.45, 7) is 3.45. The fraction of sp³-hybridized carbons (Fsp3) is 0.241. The molecule has 4 aromatic rings. The first-order valence-electron chi connectivity index (χ1n) is 12.3. The normalized spacial score (nSPS) is 10.7. The number of amides is 2. The van der Waals surface area contributed by atoms with Gasteiger partial charge in [-0.3, -0.25) is 0 Å². The van der Waals surface area contributed by atoms with Gasteiger partial charge in [0.25, 0.3) is 0 Å². The number of ether oxygens (including phenoxy) is 2. The highest BCUT2D eigenvalue weighted by molar-refractivity contribution is 7.99. The molecule has 0 aliphatic rings. The minimum atomic E-state index is -0.275. The highest BCUT2D eigenvalue weighted by Crippen LogP contribution is 2.37. The van der Waals surface area contributed by atoms with Crippen LogP contribution in [0.4, 0.5) is 10.5 Å². The van der Waals surface area contributed by atoms with E-state index in [1.54, 1.807) is 50.2 Å². The van der Waals surface area contributed by atoms with Gasteiger partial charge in [0.2, 0.25) is 0 Å². The third-order valence-corrected chi connectivity index (χ3v) is 7.02. The first kappa shape index (κ1) is 27.4. The predicted octanol–water partition coefficient (Wildman–Crippen LogP) is 7.21. The third kappa shape index (κ3) is 6.82. The number of thioether (sulfide) groups is 1. The minimum Gasteiger partial charge on any atom is -0.497 e. The van der Waals surface area contributed by atoms with Crippen molar-refractivity contribution >= 4 is 35.1 Å². The van der Waals surface area contributed by atoms with Gasteiger partial charge in [-0.25, -0.2) is 9.78 Å². The first-order chi connectivity index (χ1) is 18.5. The van der Waals surface area contributed by atoms with E-state index < -0.39 is 0 Å². The molecule has 7 nitrogen and oxygen atoms in total. The van der Waals surface area contributed by atoms with E-state index in [1.807, 2.05) is 36.4 Å². The lowest BCUT2D eigenvalue weighted by molar-refractivity contribution is 0.252. The van der Waals surface area contributed by atoms with Crippen molar-refractivity contribution in [3.63, 3.8) is 0 Å². The number of nitrogens with zero attached hydrogens (tertiary/aromatic N) is 2. The van der Waals surface area contributed by atoms with Gasteiger partial charge in [-0.05, 0) is 73.2 Å². The number of aromatic nitrogens is 2. The van der Waals surface area contributed by atoms with Crippen molar-refractivity contribution in [2.45, 2.75) is 25.0 Å². The van der Waals surface area contributed by atoms with E-state index >= 15 is 0 Å². The summed E-state index contributed by atoms with van der Waals surface area (Å²) in [7, 11) is 3.32. The average Bonchev–Trinajstić information content (AvgIpc) is 3.29. The van der Waals surface area contributed by atoms with Crippen LogP contribution >= 0.6 is 23.4 Å². The number of rotatable bonds is 11. The molecule has 38 heavy (non-hydrogen) atoms. The van der Waals surface area contributed by atoms with E-state index in [4.69, 9.17) is 26.1 Å². The molecule has 0 aliphatic carbocycles. The van der Waals surface area contributed by atoms with Crippen LogP contribution in [0.2, 0.25) is 5.02 Å². The van der Waals surface area contributed by atoms with E-state index in [9.17, 15) is 4.79 Å². The number of carbonyl (C=O) groups excluding carboxylic acids is 1.